The minimum absolute atomic E-state index is 0.202. The molecule has 2 aromatic heterocycles. The number of carboxylic acids is 1. The lowest BCUT2D eigenvalue weighted by Crippen LogP contribution is -1.98. The molecule has 0 radical (unpaired) electrons. The predicted molar refractivity (Wildman–Crippen MR) is 94.3 cm³/mol. The highest BCUT2D eigenvalue weighted by atomic mass is 16.4. The average Bonchev–Trinajstić information content (AvgIpc) is 3.05. The smallest absolute Gasteiger partial charge is 0.337 e. The van der Waals surface area contributed by atoms with Crippen LogP contribution >= 0.6 is 0 Å². The van der Waals surface area contributed by atoms with Gasteiger partial charge in [-0.25, -0.2) is 9.78 Å². The number of imidazole rings is 1. The molecule has 0 bridgehead atoms. The summed E-state index contributed by atoms with van der Waals surface area (Å²) in [5, 5.41) is 9.38. The first kappa shape index (κ1) is 15.0. The van der Waals surface area contributed by atoms with E-state index in [-0.39, 0.29) is 5.56 Å². The van der Waals surface area contributed by atoms with Gasteiger partial charge in [-0.3, -0.25) is 9.97 Å². The van der Waals surface area contributed by atoms with Gasteiger partial charge in [0.2, 0.25) is 0 Å². The maximum Gasteiger partial charge on any atom is 0.337 e. The lowest BCUT2D eigenvalue weighted by molar-refractivity contribution is 0.0698. The molecule has 122 valence electrons. The molecule has 0 fully saturated rings. The van der Waals surface area contributed by atoms with Crippen LogP contribution < -0.4 is 0 Å². The molecule has 0 aliphatic rings. The molecule has 2 heterocycles. The summed E-state index contributed by atoms with van der Waals surface area (Å²) >= 11 is 0. The van der Waals surface area contributed by atoms with E-state index in [0.29, 0.717) is 16.9 Å². The lowest BCUT2D eigenvalue weighted by Gasteiger charge is -2.01. The molecule has 0 aliphatic carbocycles. The zero-order valence-corrected chi connectivity index (χ0v) is 13.4. The molecule has 0 spiro atoms. The number of fused-ring (bicyclic) bond motifs is 1. The molecule has 0 saturated heterocycles. The number of benzene rings is 2. The van der Waals surface area contributed by atoms with Crippen LogP contribution in [0.5, 0.6) is 0 Å². The highest BCUT2D eigenvalue weighted by Gasteiger charge is 2.14. The zero-order valence-electron chi connectivity index (χ0n) is 13.4. The largest absolute Gasteiger partial charge is 0.478 e. The number of hydrogen-bond acceptors (Lipinski definition) is 4. The number of nitrogens with zero attached hydrogens (tertiary/aromatic N) is 3. The Morgan fingerprint density at radius 1 is 1.08 bits per heavy atom. The molecule has 0 saturated carbocycles. The van der Waals surface area contributed by atoms with Crippen molar-refractivity contribution in [2.45, 2.75) is 6.92 Å². The van der Waals surface area contributed by atoms with E-state index in [1.54, 1.807) is 24.7 Å². The predicted octanol–water partition coefficient (Wildman–Crippen LogP) is 3.69. The lowest BCUT2D eigenvalue weighted by atomic mass is 10.1. The Balaban J connectivity index is 1.77. The normalized spacial score (nSPS) is 10.9. The first-order chi connectivity index (χ1) is 12.1. The number of aryl methyl sites for hydroxylation is 1. The molecule has 4 rings (SSSR count). The van der Waals surface area contributed by atoms with Crippen LogP contribution in [0.4, 0.5) is 0 Å². The molecular weight excluding hydrogens is 316 g/mol. The van der Waals surface area contributed by atoms with Gasteiger partial charge in [0.1, 0.15) is 11.3 Å². The van der Waals surface area contributed by atoms with Crippen molar-refractivity contribution < 1.29 is 9.90 Å². The zero-order chi connectivity index (χ0) is 17.4. The summed E-state index contributed by atoms with van der Waals surface area (Å²) < 4.78 is 0. The molecule has 2 N–H and O–H groups in total. The van der Waals surface area contributed by atoms with E-state index >= 15 is 0 Å². The first-order valence-electron chi connectivity index (χ1n) is 7.72. The van der Waals surface area contributed by atoms with Gasteiger partial charge in [-0.05, 0) is 24.6 Å². The van der Waals surface area contributed by atoms with E-state index < -0.39 is 5.97 Å². The van der Waals surface area contributed by atoms with Gasteiger partial charge in [0.05, 0.1) is 23.0 Å². The molecular formula is C19H14N4O2. The summed E-state index contributed by atoms with van der Waals surface area (Å²) in [6.07, 6.45) is 4.99. The Kier molecular flexibility index (Phi) is 3.50. The van der Waals surface area contributed by atoms with Crippen molar-refractivity contribution in [1.29, 1.82) is 0 Å². The maximum atomic E-state index is 11.4. The van der Waals surface area contributed by atoms with Crippen LogP contribution in [0.1, 0.15) is 15.9 Å². The highest BCUT2D eigenvalue weighted by Crippen LogP contribution is 2.26. The fourth-order valence-electron chi connectivity index (χ4n) is 2.81. The van der Waals surface area contributed by atoms with Crippen molar-refractivity contribution in [3.05, 3.63) is 66.1 Å². The fraction of sp³-hybridized carbons (Fsp3) is 0.0526. The summed E-state index contributed by atoms with van der Waals surface area (Å²) in [4.78, 5) is 27.5. The van der Waals surface area contributed by atoms with Gasteiger partial charge in [0, 0.05) is 23.5 Å². The number of rotatable bonds is 3. The molecule has 0 unspecified atom stereocenters. The minimum atomic E-state index is -0.982. The molecule has 4 aromatic rings. The first-order valence-corrected chi connectivity index (χ1v) is 7.72. The van der Waals surface area contributed by atoms with Crippen molar-refractivity contribution in [3.63, 3.8) is 0 Å². The number of aromatic amines is 1. The van der Waals surface area contributed by atoms with Crippen LogP contribution in [0, 0.1) is 6.92 Å². The average molecular weight is 330 g/mol. The van der Waals surface area contributed by atoms with E-state index in [1.165, 1.54) is 0 Å². The second kappa shape index (κ2) is 5.83. The highest BCUT2D eigenvalue weighted by molar-refractivity contribution is 6.02. The molecule has 25 heavy (non-hydrogen) atoms. The third kappa shape index (κ3) is 2.74. The molecule has 2 aromatic carbocycles. The number of aromatic carboxylic acids is 1. The van der Waals surface area contributed by atoms with Gasteiger partial charge in [-0.1, -0.05) is 24.3 Å². The quantitative estimate of drug-likeness (QED) is 0.597. The van der Waals surface area contributed by atoms with E-state index in [2.05, 4.69) is 19.9 Å². The Morgan fingerprint density at radius 3 is 2.52 bits per heavy atom. The van der Waals surface area contributed by atoms with E-state index in [1.807, 2.05) is 37.3 Å². The standard InChI is InChI=1S/C19H14N4O2/c1-11-8-14(19(24)25)17-15(9-11)22-18(23-17)13-4-2-12(3-5-13)16-10-20-6-7-21-16/h2-10H,1H3,(H,22,23)(H,24,25). The molecule has 0 aliphatic heterocycles. The van der Waals surface area contributed by atoms with Crippen LogP contribution in [0.3, 0.4) is 0 Å². The van der Waals surface area contributed by atoms with E-state index in [9.17, 15) is 9.90 Å². The monoisotopic (exact) mass is 330 g/mol. The number of aromatic nitrogens is 4. The van der Waals surface area contributed by atoms with Crippen molar-refractivity contribution in [1.82, 2.24) is 19.9 Å². The second-order valence-corrected chi connectivity index (χ2v) is 5.77. The van der Waals surface area contributed by atoms with Gasteiger partial charge >= 0.3 is 5.97 Å². The van der Waals surface area contributed by atoms with E-state index in [0.717, 1.165) is 22.4 Å². The van der Waals surface area contributed by atoms with Gasteiger partial charge in [-0.15, -0.1) is 0 Å². The minimum Gasteiger partial charge on any atom is -0.478 e. The van der Waals surface area contributed by atoms with Gasteiger partial charge < -0.3 is 10.1 Å². The van der Waals surface area contributed by atoms with Crippen molar-refractivity contribution in [3.8, 4) is 22.6 Å². The van der Waals surface area contributed by atoms with Crippen molar-refractivity contribution in [2.75, 3.05) is 0 Å². The Morgan fingerprint density at radius 2 is 1.84 bits per heavy atom. The summed E-state index contributed by atoms with van der Waals surface area (Å²) in [5.41, 5.74) is 4.87. The topological polar surface area (TPSA) is 91.8 Å². The Hall–Kier alpha value is -3.54. The van der Waals surface area contributed by atoms with Gasteiger partial charge in [-0.2, -0.15) is 0 Å². The van der Waals surface area contributed by atoms with Crippen molar-refractivity contribution in [2.24, 2.45) is 0 Å². The second-order valence-electron chi connectivity index (χ2n) is 5.77. The van der Waals surface area contributed by atoms with Crippen LogP contribution in [0.2, 0.25) is 0 Å². The number of carbonyl (C=O) groups is 1. The molecule has 6 heteroatoms. The Labute approximate surface area is 143 Å². The summed E-state index contributed by atoms with van der Waals surface area (Å²) in [7, 11) is 0. The third-order valence-corrected chi connectivity index (χ3v) is 3.98. The molecule has 0 amide bonds. The summed E-state index contributed by atoms with van der Waals surface area (Å²) in [5.74, 6) is -0.349. The maximum absolute atomic E-state index is 11.4. The number of nitrogens with one attached hydrogen (secondary N) is 1. The van der Waals surface area contributed by atoms with Crippen molar-refractivity contribution >= 4 is 17.0 Å². The fourth-order valence-corrected chi connectivity index (χ4v) is 2.81. The van der Waals surface area contributed by atoms with Crippen LogP contribution in [-0.4, -0.2) is 31.0 Å². The summed E-state index contributed by atoms with van der Waals surface area (Å²) in [6.45, 7) is 1.86. The number of hydrogen-bond donors (Lipinski definition) is 2. The molecule has 6 nitrogen and oxygen atoms in total. The number of H-pyrrole nitrogens is 1. The number of carboxylic acid groups (broad SMARTS) is 1. The van der Waals surface area contributed by atoms with Crippen LogP contribution in [0.15, 0.2) is 55.0 Å². The van der Waals surface area contributed by atoms with Gasteiger partial charge in [0.15, 0.2) is 0 Å². The Bertz CT molecular complexity index is 1070. The molecule has 0 atom stereocenters. The third-order valence-electron chi connectivity index (χ3n) is 3.98. The van der Waals surface area contributed by atoms with Crippen LogP contribution in [-0.2, 0) is 0 Å². The van der Waals surface area contributed by atoms with E-state index in [4.69, 9.17) is 0 Å². The SMILES string of the molecule is Cc1cc(C(=O)O)c2nc(-c3ccc(-c4cnccn4)cc3)[nH]c2c1. The van der Waals surface area contributed by atoms with Gasteiger partial charge in [0.25, 0.3) is 0 Å². The summed E-state index contributed by atoms with van der Waals surface area (Å²) in [6, 6.07) is 11.3. The van der Waals surface area contributed by atoms with Crippen LogP contribution in [0.25, 0.3) is 33.7 Å².